The third-order valence-electron chi connectivity index (χ3n) is 16.1. The number of carbonyl (C=O) groups excluding carboxylic acids is 3. The van der Waals surface area contributed by atoms with E-state index in [2.05, 4.69) is 20.8 Å². The summed E-state index contributed by atoms with van der Waals surface area (Å²) in [6.07, 6.45) is 75.6. The molecule has 0 saturated carbocycles. The summed E-state index contributed by atoms with van der Waals surface area (Å²) in [6, 6.07) is 0. The number of carbonyl (C=O) groups is 3. The normalized spacial score (nSPS) is 11.9. The van der Waals surface area contributed by atoms with E-state index in [1.165, 1.54) is 308 Å². The minimum atomic E-state index is -0.762. The maximum Gasteiger partial charge on any atom is 0.306 e. The van der Waals surface area contributed by atoms with Gasteiger partial charge in [0.1, 0.15) is 13.2 Å². The van der Waals surface area contributed by atoms with E-state index in [0.29, 0.717) is 19.3 Å². The van der Waals surface area contributed by atoms with Crippen LogP contribution >= 0.6 is 0 Å². The van der Waals surface area contributed by atoms with Crippen molar-refractivity contribution in [1.82, 2.24) is 0 Å². The van der Waals surface area contributed by atoms with Crippen LogP contribution in [0.4, 0.5) is 0 Å². The van der Waals surface area contributed by atoms with Gasteiger partial charge in [0.05, 0.1) is 0 Å². The smallest absolute Gasteiger partial charge is 0.306 e. The molecule has 75 heavy (non-hydrogen) atoms. The average Bonchev–Trinajstić information content (AvgIpc) is 3.41. The highest BCUT2D eigenvalue weighted by molar-refractivity contribution is 5.71. The molecule has 0 bridgehead atoms. The molecule has 1 atom stereocenters. The van der Waals surface area contributed by atoms with Crippen LogP contribution in [0.1, 0.15) is 406 Å². The summed E-state index contributed by atoms with van der Waals surface area (Å²) in [5.41, 5.74) is 0. The minimum absolute atomic E-state index is 0.0603. The Balaban J connectivity index is 4.16. The molecule has 0 fully saturated rings. The van der Waals surface area contributed by atoms with Gasteiger partial charge < -0.3 is 14.2 Å². The summed E-state index contributed by atoms with van der Waals surface area (Å²) >= 11 is 0. The number of hydrogen-bond donors (Lipinski definition) is 0. The zero-order valence-electron chi connectivity index (χ0n) is 51.4. The molecule has 0 aromatic rings. The van der Waals surface area contributed by atoms with Gasteiger partial charge in [0.15, 0.2) is 6.10 Å². The molecule has 0 spiro atoms. The highest BCUT2D eigenvalue weighted by Crippen LogP contribution is 2.19. The van der Waals surface area contributed by atoms with Crippen LogP contribution in [0, 0.1) is 0 Å². The van der Waals surface area contributed by atoms with Crippen molar-refractivity contribution in [1.29, 1.82) is 0 Å². The van der Waals surface area contributed by atoms with Crippen molar-refractivity contribution in [3.63, 3.8) is 0 Å². The molecule has 0 aliphatic heterocycles. The molecule has 0 aliphatic rings. The summed E-state index contributed by atoms with van der Waals surface area (Å²) in [5, 5.41) is 0. The Morgan fingerprint density at radius 1 is 0.213 bits per heavy atom. The quantitative estimate of drug-likeness (QED) is 0.0343. The van der Waals surface area contributed by atoms with Gasteiger partial charge in [-0.3, -0.25) is 14.4 Å². The molecule has 0 rings (SSSR count). The Labute approximate surface area is 469 Å². The number of hydrogen-bond acceptors (Lipinski definition) is 6. The predicted molar refractivity (Wildman–Crippen MR) is 326 cm³/mol. The molecule has 446 valence electrons. The molecule has 1 unspecified atom stereocenters. The Morgan fingerprint density at radius 2 is 0.360 bits per heavy atom. The van der Waals surface area contributed by atoms with Gasteiger partial charge in [-0.25, -0.2) is 0 Å². The molecule has 0 aromatic heterocycles. The van der Waals surface area contributed by atoms with E-state index in [0.717, 1.165) is 57.8 Å². The second-order valence-electron chi connectivity index (χ2n) is 23.8. The van der Waals surface area contributed by atoms with Crippen molar-refractivity contribution >= 4 is 17.9 Å². The van der Waals surface area contributed by atoms with E-state index in [1.807, 2.05) is 0 Å². The first-order valence-electron chi connectivity index (χ1n) is 34.5. The third-order valence-corrected chi connectivity index (χ3v) is 16.1. The summed E-state index contributed by atoms with van der Waals surface area (Å²) in [4.78, 5) is 38.3. The molecule has 0 N–H and O–H groups in total. The van der Waals surface area contributed by atoms with Gasteiger partial charge in [-0.2, -0.15) is 0 Å². The zero-order chi connectivity index (χ0) is 54.3. The zero-order valence-corrected chi connectivity index (χ0v) is 51.4. The van der Waals surface area contributed by atoms with Gasteiger partial charge in [-0.15, -0.1) is 0 Å². The Bertz CT molecular complexity index is 1120. The van der Waals surface area contributed by atoms with Crippen LogP contribution in [0.25, 0.3) is 0 Å². The molecular weight excluding hydrogens is 925 g/mol. The molecular formula is C69H134O6. The standard InChI is InChI=1S/C69H134O6/c1-4-7-10-13-16-19-22-25-28-29-30-31-32-33-34-35-36-37-38-39-42-44-47-50-53-56-59-62-68(71)74-65-66(75-69(72)63-60-57-54-51-48-45-41-27-24-21-18-15-12-9-6-3)64-73-67(70)61-58-55-52-49-46-43-40-26-23-20-17-14-11-8-5-2/h66H,4-65H2,1-3H3. The molecule has 0 radical (unpaired) electrons. The second-order valence-corrected chi connectivity index (χ2v) is 23.8. The van der Waals surface area contributed by atoms with Crippen LogP contribution in [0.3, 0.4) is 0 Å². The van der Waals surface area contributed by atoms with Gasteiger partial charge in [0.25, 0.3) is 0 Å². The Hall–Kier alpha value is -1.59. The molecule has 0 amide bonds. The molecule has 6 nitrogen and oxygen atoms in total. The average molecular weight is 1060 g/mol. The first kappa shape index (κ1) is 73.4. The number of unbranched alkanes of at least 4 members (excludes halogenated alkanes) is 54. The van der Waals surface area contributed by atoms with Crippen LogP contribution in [0.15, 0.2) is 0 Å². The molecule has 0 aromatic carbocycles. The van der Waals surface area contributed by atoms with E-state index in [1.54, 1.807) is 0 Å². The lowest BCUT2D eigenvalue weighted by molar-refractivity contribution is -0.167. The molecule has 6 heteroatoms. The molecule has 0 aliphatic carbocycles. The van der Waals surface area contributed by atoms with Crippen LogP contribution in [-0.2, 0) is 28.6 Å². The number of ether oxygens (including phenoxy) is 3. The number of rotatable bonds is 65. The van der Waals surface area contributed by atoms with Crippen LogP contribution in [0.2, 0.25) is 0 Å². The SMILES string of the molecule is CCCCCCCCCCCCCCCCCCCCCCCCCCCCCC(=O)OCC(COC(=O)CCCCCCCCCCCCCCCCC)OC(=O)CCCCCCCCCCCCCCCCC. The predicted octanol–water partition coefficient (Wildman–Crippen LogP) is 23.5. The summed E-state index contributed by atoms with van der Waals surface area (Å²) < 4.78 is 17.0. The first-order chi connectivity index (χ1) is 37.0. The summed E-state index contributed by atoms with van der Waals surface area (Å²) in [5.74, 6) is -0.822. The van der Waals surface area contributed by atoms with Crippen molar-refractivity contribution in [3.05, 3.63) is 0 Å². The summed E-state index contributed by atoms with van der Waals surface area (Å²) in [6.45, 7) is 6.74. The monoisotopic (exact) mass is 1060 g/mol. The lowest BCUT2D eigenvalue weighted by Gasteiger charge is -2.18. The second kappa shape index (κ2) is 64.9. The summed E-state index contributed by atoms with van der Waals surface area (Å²) in [7, 11) is 0. The van der Waals surface area contributed by atoms with Crippen LogP contribution < -0.4 is 0 Å². The lowest BCUT2D eigenvalue weighted by Crippen LogP contribution is -2.30. The van der Waals surface area contributed by atoms with E-state index >= 15 is 0 Å². The van der Waals surface area contributed by atoms with E-state index in [9.17, 15) is 14.4 Å². The van der Waals surface area contributed by atoms with Crippen molar-refractivity contribution in [2.24, 2.45) is 0 Å². The van der Waals surface area contributed by atoms with Crippen molar-refractivity contribution in [2.45, 2.75) is 412 Å². The number of esters is 3. The fraction of sp³-hybridized carbons (Fsp3) is 0.957. The van der Waals surface area contributed by atoms with Crippen molar-refractivity contribution in [3.8, 4) is 0 Å². The van der Waals surface area contributed by atoms with E-state index < -0.39 is 6.10 Å². The first-order valence-corrected chi connectivity index (χ1v) is 34.5. The lowest BCUT2D eigenvalue weighted by atomic mass is 10.0. The minimum Gasteiger partial charge on any atom is -0.462 e. The van der Waals surface area contributed by atoms with Gasteiger partial charge in [-0.05, 0) is 19.3 Å². The largest absolute Gasteiger partial charge is 0.462 e. The fourth-order valence-electron chi connectivity index (χ4n) is 10.9. The van der Waals surface area contributed by atoms with E-state index in [4.69, 9.17) is 14.2 Å². The van der Waals surface area contributed by atoms with E-state index in [-0.39, 0.29) is 31.1 Å². The Kier molecular flexibility index (Phi) is 63.6. The van der Waals surface area contributed by atoms with Gasteiger partial charge >= 0.3 is 17.9 Å². The maximum absolute atomic E-state index is 12.9. The van der Waals surface area contributed by atoms with Crippen molar-refractivity contribution < 1.29 is 28.6 Å². The van der Waals surface area contributed by atoms with Gasteiger partial charge in [-0.1, -0.05) is 367 Å². The van der Waals surface area contributed by atoms with Gasteiger partial charge in [0.2, 0.25) is 0 Å². The van der Waals surface area contributed by atoms with Crippen LogP contribution in [-0.4, -0.2) is 37.2 Å². The third kappa shape index (κ3) is 63.1. The molecule has 0 heterocycles. The topological polar surface area (TPSA) is 78.9 Å². The molecule has 0 saturated heterocycles. The van der Waals surface area contributed by atoms with Crippen molar-refractivity contribution in [2.75, 3.05) is 13.2 Å². The van der Waals surface area contributed by atoms with Gasteiger partial charge in [0, 0.05) is 19.3 Å². The fourth-order valence-corrected chi connectivity index (χ4v) is 10.9. The highest BCUT2D eigenvalue weighted by Gasteiger charge is 2.19. The van der Waals surface area contributed by atoms with Crippen LogP contribution in [0.5, 0.6) is 0 Å². The maximum atomic E-state index is 12.9. The Morgan fingerprint density at radius 3 is 0.533 bits per heavy atom. The highest BCUT2D eigenvalue weighted by atomic mass is 16.6.